The Morgan fingerprint density at radius 2 is 1.67 bits per heavy atom. The number of benzene rings is 3. The molecule has 1 aliphatic heterocycles. The summed E-state index contributed by atoms with van der Waals surface area (Å²) >= 11 is 1.74. The minimum Gasteiger partial charge on any atom is -0.741 e. The molecule has 0 saturated carbocycles. The third kappa shape index (κ3) is 6.55. The predicted molar refractivity (Wildman–Crippen MR) is 169 cm³/mol. The van der Waals surface area contributed by atoms with Gasteiger partial charge < -0.3 is 19.3 Å². The number of rotatable bonds is 4. The number of nitrogens with zero attached hydrogens (tertiary/aromatic N) is 2. The molecule has 3 aromatic carbocycles. The highest BCUT2D eigenvalue weighted by atomic mass is 32.2. The first kappa shape index (κ1) is 33.2. The van der Waals surface area contributed by atoms with Crippen LogP contribution >= 0.6 is 11.3 Å². The van der Waals surface area contributed by atoms with Crippen LogP contribution in [0.2, 0.25) is 0 Å². The number of aryl methyl sites for hydroxylation is 1. The van der Waals surface area contributed by atoms with Crippen LogP contribution in [-0.2, 0) is 19.6 Å². The van der Waals surface area contributed by atoms with Crippen LogP contribution in [0.1, 0.15) is 38.1 Å². The number of alkyl halides is 3. The molecule has 5 aromatic rings. The number of hydrogen-bond donors (Lipinski definition) is 1. The van der Waals surface area contributed by atoms with Crippen molar-refractivity contribution in [2.75, 3.05) is 19.0 Å². The van der Waals surface area contributed by atoms with Gasteiger partial charge in [0, 0.05) is 11.1 Å². The number of esters is 1. The van der Waals surface area contributed by atoms with Crippen LogP contribution in [0.15, 0.2) is 66.7 Å². The molecule has 0 saturated heterocycles. The molecule has 0 radical (unpaired) electrons. The first-order valence-corrected chi connectivity index (χ1v) is 16.4. The van der Waals surface area contributed by atoms with Crippen molar-refractivity contribution in [1.29, 1.82) is 0 Å². The van der Waals surface area contributed by atoms with Gasteiger partial charge in [0.1, 0.15) is 18.4 Å². The summed E-state index contributed by atoms with van der Waals surface area (Å²) in [7, 11) is -4.65. The van der Waals surface area contributed by atoms with Gasteiger partial charge in [0.25, 0.3) is 0 Å². The minimum absolute atomic E-state index is 0.214. The summed E-state index contributed by atoms with van der Waals surface area (Å²) in [6.07, 6.45) is 0.216. The fourth-order valence-corrected chi connectivity index (χ4v) is 6.56. The Hall–Kier alpha value is -4.14. The molecule has 3 heterocycles. The molecule has 14 heteroatoms. The van der Waals surface area contributed by atoms with E-state index in [1.807, 2.05) is 12.1 Å². The van der Waals surface area contributed by atoms with Gasteiger partial charge in [-0.2, -0.15) is 17.6 Å². The molecule has 1 aliphatic rings. The number of anilines is 1. The van der Waals surface area contributed by atoms with Crippen molar-refractivity contribution in [2.45, 2.75) is 51.2 Å². The summed E-state index contributed by atoms with van der Waals surface area (Å²) in [5.41, 5.74) is -1.52. The summed E-state index contributed by atoms with van der Waals surface area (Å²) in [6.45, 7) is 9.05. The number of hydrogen-bond acceptors (Lipinski definition) is 8. The van der Waals surface area contributed by atoms with Crippen LogP contribution < -0.4 is 14.6 Å². The Labute approximate surface area is 267 Å². The van der Waals surface area contributed by atoms with Gasteiger partial charge in [-0.15, -0.1) is 0 Å². The highest BCUT2D eigenvalue weighted by Gasteiger charge is 2.41. The van der Waals surface area contributed by atoms with Crippen molar-refractivity contribution in [3.05, 3.63) is 71.6 Å². The van der Waals surface area contributed by atoms with Gasteiger partial charge in [-0.3, -0.25) is 4.79 Å². The van der Waals surface area contributed by atoms with E-state index in [0.717, 1.165) is 49.8 Å². The van der Waals surface area contributed by atoms with Gasteiger partial charge in [0.05, 0.1) is 24.0 Å². The largest absolute Gasteiger partial charge is 0.741 e. The second kappa shape index (κ2) is 12.2. The van der Waals surface area contributed by atoms with Crippen LogP contribution in [0.3, 0.4) is 0 Å². The maximum atomic E-state index is 12.6. The van der Waals surface area contributed by atoms with Crippen molar-refractivity contribution in [2.24, 2.45) is 0 Å². The first-order chi connectivity index (χ1) is 21.5. The number of nitrogens with one attached hydrogen (secondary N) is 1. The Kier molecular flexibility index (Phi) is 8.83. The predicted octanol–water partition coefficient (Wildman–Crippen LogP) is 6.84. The van der Waals surface area contributed by atoms with Crippen LogP contribution in [0.5, 0.6) is 5.75 Å². The average molecular weight is 676 g/mol. The van der Waals surface area contributed by atoms with Gasteiger partial charge in [-0.05, 0) is 50.6 Å². The number of halogens is 3. The lowest BCUT2D eigenvalue weighted by Gasteiger charge is -2.21. The van der Waals surface area contributed by atoms with E-state index in [1.54, 1.807) is 11.3 Å². The normalized spacial score (nSPS) is 14.8. The van der Waals surface area contributed by atoms with E-state index in [1.165, 1.54) is 12.0 Å². The van der Waals surface area contributed by atoms with E-state index >= 15 is 0 Å². The van der Waals surface area contributed by atoms with Gasteiger partial charge in [-0.25, -0.2) is 13.0 Å². The molecule has 244 valence electrons. The van der Waals surface area contributed by atoms with E-state index < -0.39 is 15.6 Å². The molecular formula is C32H32F3N3O6S2. The number of carbonyl (C=O) groups excluding carboxylic acids is 1. The standard InChI is InChI=1S/C31H32N3O3S.CHF3O3S/c1-19-27(20-11-7-6-8-12-20)34-29(32-31(2,3)4)28-24-15-21-13-9-10-14-22(21)16-25(24)37-18-23(17-26(35)36-5)33(28)30(34)38-19;2-1(3,4)8(5,6)7/h6-16,23,32H,17-18H2,1-5H3;(H,5,6,7)/q+1;/p-1. The highest BCUT2D eigenvalue weighted by molar-refractivity contribution is 7.86. The zero-order valence-electron chi connectivity index (χ0n) is 25.6. The zero-order valence-corrected chi connectivity index (χ0v) is 27.3. The highest BCUT2D eigenvalue weighted by Crippen LogP contribution is 2.45. The molecule has 2 aromatic heterocycles. The maximum absolute atomic E-state index is 12.6. The fourth-order valence-electron chi connectivity index (χ4n) is 5.37. The number of carbonyl (C=O) groups is 1. The minimum atomic E-state index is -6.09. The second-order valence-corrected chi connectivity index (χ2v) is 14.3. The molecular weight excluding hydrogens is 643 g/mol. The van der Waals surface area contributed by atoms with Crippen molar-refractivity contribution in [3.63, 3.8) is 0 Å². The number of imidazole rings is 1. The molecule has 9 nitrogen and oxygen atoms in total. The lowest BCUT2D eigenvalue weighted by atomic mass is 10.0. The molecule has 0 amide bonds. The number of aromatic nitrogens is 2. The Morgan fingerprint density at radius 3 is 2.24 bits per heavy atom. The third-order valence-corrected chi connectivity index (χ3v) is 8.87. The summed E-state index contributed by atoms with van der Waals surface area (Å²) in [6, 6.07) is 22.9. The van der Waals surface area contributed by atoms with Gasteiger partial charge >= 0.3 is 16.4 Å². The van der Waals surface area contributed by atoms with E-state index in [0.29, 0.717) is 6.61 Å². The molecule has 1 unspecified atom stereocenters. The van der Waals surface area contributed by atoms with Crippen molar-refractivity contribution in [1.82, 2.24) is 4.40 Å². The first-order valence-electron chi connectivity index (χ1n) is 14.2. The summed E-state index contributed by atoms with van der Waals surface area (Å²) < 4.78 is 75.1. The average Bonchev–Trinajstić information content (AvgIpc) is 3.40. The van der Waals surface area contributed by atoms with Crippen molar-refractivity contribution in [3.8, 4) is 28.3 Å². The lowest BCUT2D eigenvalue weighted by molar-refractivity contribution is -0.684. The third-order valence-electron chi connectivity index (χ3n) is 7.24. The molecule has 0 aliphatic carbocycles. The molecule has 0 spiro atoms. The lowest BCUT2D eigenvalue weighted by Crippen LogP contribution is -2.43. The molecule has 0 fully saturated rings. The van der Waals surface area contributed by atoms with Crippen LogP contribution in [-0.4, -0.2) is 48.1 Å². The molecule has 6 rings (SSSR count). The van der Waals surface area contributed by atoms with Gasteiger partial charge in [-0.1, -0.05) is 65.9 Å². The molecule has 46 heavy (non-hydrogen) atoms. The number of thiazole rings is 1. The van der Waals surface area contributed by atoms with Crippen LogP contribution in [0.25, 0.3) is 38.2 Å². The smallest absolute Gasteiger partial charge is 0.485 e. The Bertz CT molecular complexity index is 2030. The van der Waals surface area contributed by atoms with Crippen LogP contribution in [0, 0.1) is 6.92 Å². The van der Waals surface area contributed by atoms with Crippen LogP contribution in [0.4, 0.5) is 19.0 Å². The van der Waals surface area contributed by atoms with E-state index in [-0.39, 0.29) is 24.0 Å². The number of methoxy groups -OCH3 is 1. The van der Waals surface area contributed by atoms with Crippen molar-refractivity contribution < 1.29 is 45.0 Å². The SMILES string of the molecule is COC(=O)CC1COc2cc3ccccc3cc2-c2c(NC(C)(C)C)n3c(-c4ccccc4)c(C)sc3[n+]21.O=S(=O)([O-])C(F)(F)F. The maximum Gasteiger partial charge on any atom is 0.485 e. The summed E-state index contributed by atoms with van der Waals surface area (Å²) in [5.74, 6) is 1.56. The topological polar surface area (TPSA) is 113 Å². The molecule has 0 bridgehead atoms. The van der Waals surface area contributed by atoms with E-state index in [2.05, 4.69) is 96.6 Å². The van der Waals surface area contributed by atoms with Crippen molar-refractivity contribution >= 4 is 49.0 Å². The molecule has 1 atom stereocenters. The van der Waals surface area contributed by atoms with Gasteiger partial charge in [0.2, 0.25) is 11.5 Å². The Morgan fingerprint density at radius 1 is 1.09 bits per heavy atom. The summed E-state index contributed by atoms with van der Waals surface area (Å²) in [4.78, 5) is 14.9. The summed E-state index contributed by atoms with van der Waals surface area (Å²) in [5, 5.41) is 6.10. The molecule has 1 N–H and O–H groups in total. The van der Waals surface area contributed by atoms with E-state index in [9.17, 15) is 18.0 Å². The van der Waals surface area contributed by atoms with E-state index in [4.69, 9.17) is 22.4 Å². The number of ether oxygens (including phenoxy) is 2. The zero-order chi connectivity index (χ0) is 33.6. The van der Waals surface area contributed by atoms with Gasteiger partial charge in [0.15, 0.2) is 15.8 Å². The second-order valence-electron chi connectivity index (χ2n) is 11.8. The fraction of sp³-hybridized carbons (Fsp3) is 0.312. The quantitative estimate of drug-likeness (QED) is 0.0961. The number of fused-ring (bicyclic) bond motifs is 6. The Balaban J connectivity index is 0.000000463. The monoisotopic (exact) mass is 675 g/mol.